The average molecular weight is 396 g/mol. The molecule has 0 saturated carbocycles. The van der Waals surface area contributed by atoms with Crippen LogP contribution in [0.15, 0.2) is 42.5 Å². The number of ether oxygens (including phenoxy) is 2. The van der Waals surface area contributed by atoms with Crippen LogP contribution in [-0.4, -0.2) is 32.5 Å². The Balaban J connectivity index is 1.88. The Kier molecular flexibility index (Phi) is 8.14. The Hall–Kier alpha value is -2.25. The van der Waals surface area contributed by atoms with Gasteiger partial charge in [0.25, 0.3) is 0 Å². The first-order chi connectivity index (χ1) is 13.3. The van der Waals surface area contributed by atoms with Gasteiger partial charge in [0.1, 0.15) is 5.75 Å². The summed E-state index contributed by atoms with van der Waals surface area (Å²) < 4.78 is 48.0. The van der Waals surface area contributed by atoms with E-state index in [4.69, 9.17) is 15.2 Å². The Labute approximate surface area is 163 Å². The minimum Gasteiger partial charge on any atom is -0.497 e. The van der Waals surface area contributed by atoms with E-state index in [1.54, 1.807) is 20.1 Å². The number of alkyl halides is 3. The molecule has 28 heavy (non-hydrogen) atoms. The molecule has 0 bridgehead atoms. The van der Waals surface area contributed by atoms with Crippen LogP contribution in [0.25, 0.3) is 0 Å². The van der Waals surface area contributed by atoms with E-state index < -0.39 is 12.7 Å². The van der Waals surface area contributed by atoms with Crippen molar-refractivity contribution in [3.05, 3.63) is 59.2 Å². The van der Waals surface area contributed by atoms with Gasteiger partial charge in [-0.3, -0.25) is 0 Å². The second-order valence-corrected chi connectivity index (χ2v) is 6.74. The number of nitrogens with one attached hydrogen (secondary N) is 1. The van der Waals surface area contributed by atoms with Crippen molar-refractivity contribution in [1.82, 2.24) is 5.32 Å². The summed E-state index contributed by atoms with van der Waals surface area (Å²) in [7, 11) is 1.62. The third kappa shape index (κ3) is 7.40. The molecule has 0 spiro atoms. The van der Waals surface area contributed by atoms with Crippen molar-refractivity contribution in [3.8, 4) is 5.75 Å². The van der Waals surface area contributed by atoms with E-state index in [1.807, 2.05) is 36.4 Å². The van der Waals surface area contributed by atoms with Crippen molar-refractivity contribution in [1.29, 1.82) is 0 Å². The summed E-state index contributed by atoms with van der Waals surface area (Å²) in [4.78, 5) is 0. The van der Waals surface area contributed by atoms with Crippen molar-refractivity contribution in [2.75, 3.05) is 26.0 Å². The van der Waals surface area contributed by atoms with Crippen LogP contribution < -0.4 is 15.8 Å². The first kappa shape index (κ1) is 22.0. The largest absolute Gasteiger partial charge is 0.497 e. The van der Waals surface area contributed by atoms with E-state index >= 15 is 0 Å². The number of rotatable bonds is 10. The predicted molar refractivity (Wildman–Crippen MR) is 104 cm³/mol. The highest BCUT2D eigenvalue weighted by molar-refractivity contribution is 5.51. The van der Waals surface area contributed by atoms with Crippen molar-refractivity contribution in [3.63, 3.8) is 0 Å². The first-order valence-electron chi connectivity index (χ1n) is 9.15. The molecule has 0 aliphatic heterocycles. The molecule has 3 N–H and O–H groups in total. The third-order valence-electron chi connectivity index (χ3n) is 4.41. The average Bonchev–Trinajstić information content (AvgIpc) is 2.65. The Morgan fingerprint density at radius 2 is 1.82 bits per heavy atom. The highest BCUT2D eigenvalue weighted by Gasteiger charge is 2.27. The zero-order valence-corrected chi connectivity index (χ0v) is 16.2. The van der Waals surface area contributed by atoms with Crippen molar-refractivity contribution < 1.29 is 22.6 Å². The van der Waals surface area contributed by atoms with Gasteiger partial charge in [0, 0.05) is 11.7 Å². The summed E-state index contributed by atoms with van der Waals surface area (Å²) in [6.07, 6.45) is -3.15. The number of nitrogen functional groups attached to an aromatic ring is 1. The van der Waals surface area contributed by atoms with Gasteiger partial charge in [0.15, 0.2) is 0 Å². The molecule has 0 heterocycles. The van der Waals surface area contributed by atoms with Gasteiger partial charge in [-0.2, -0.15) is 13.2 Å². The van der Waals surface area contributed by atoms with Crippen LogP contribution in [0.1, 0.15) is 23.6 Å². The van der Waals surface area contributed by atoms with Gasteiger partial charge < -0.3 is 20.5 Å². The zero-order chi connectivity index (χ0) is 20.6. The highest BCUT2D eigenvalue weighted by atomic mass is 19.4. The minimum absolute atomic E-state index is 0.317. The number of benzene rings is 2. The number of methoxy groups -OCH3 is 1. The molecule has 154 valence electrons. The van der Waals surface area contributed by atoms with E-state index in [-0.39, 0.29) is 6.04 Å². The fourth-order valence-corrected chi connectivity index (χ4v) is 2.93. The second kappa shape index (κ2) is 10.3. The minimum atomic E-state index is -4.22. The van der Waals surface area contributed by atoms with Gasteiger partial charge in [-0.25, -0.2) is 0 Å². The van der Waals surface area contributed by atoms with Crippen LogP contribution in [0.5, 0.6) is 5.75 Å². The smallest absolute Gasteiger partial charge is 0.401 e. The van der Waals surface area contributed by atoms with Crippen molar-refractivity contribution in [2.24, 2.45) is 0 Å². The summed E-state index contributed by atoms with van der Waals surface area (Å²) >= 11 is 0. The molecule has 0 amide bonds. The molecule has 0 fully saturated rings. The van der Waals surface area contributed by atoms with Crippen molar-refractivity contribution in [2.45, 2.75) is 38.6 Å². The maximum Gasteiger partial charge on any atom is 0.401 e. The molecule has 4 nitrogen and oxygen atoms in total. The quantitative estimate of drug-likeness (QED) is 0.469. The molecule has 0 unspecified atom stereocenters. The fraction of sp³-hybridized carbons (Fsp3) is 0.429. The predicted octanol–water partition coefficient (Wildman–Crippen LogP) is 4.12. The van der Waals surface area contributed by atoms with Crippen LogP contribution in [0.4, 0.5) is 18.9 Å². The normalized spacial score (nSPS) is 12.8. The molecule has 7 heteroatoms. The molecule has 2 aromatic carbocycles. The second-order valence-electron chi connectivity index (χ2n) is 6.74. The molecular formula is C21H27F3N2O2. The van der Waals surface area contributed by atoms with Crippen LogP contribution in [0, 0.1) is 0 Å². The van der Waals surface area contributed by atoms with E-state index in [2.05, 4.69) is 5.32 Å². The Morgan fingerprint density at radius 3 is 2.46 bits per heavy atom. The van der Waals surface area contributed by atoms with Crippen LogP contribution in [-0.2, 0) is 24.2 Å². The van der Waals surface area contributed by atoms with Gasteiger partial charge in [-0.15, -0.1) is 0 Å². The molecule has 0 aromatic heterocycles. The molecule has 2 rings (SSSR count). The van der Waals surface area contributed by atoms with Gasteiger partial charge in [0.05, 0.1) is 26.9 Å². The number of hydrogen-bond donors (Lipinski definition) is 2. The van der Waals surface area contributed by atoms with E-state index in [0.717, 1.165) is 22.4 Å². The monoisotopic (exact) mass is 396 g/mol. The number of nitrogens with two attached hydrogens (primary N) is 1. The maximum absolute atomic E-state index is 12.4. The van der Waals surface area contributed by atoms with Gasteiger partial charge in [0.2, 0.25) is 0 Å². The summed E-state index contributed by atoms with van der Waals surface area (Å²) in [5.74, 6) is 0.790. The van der Waals surface area contributed by atoms with E-state index in [0.29, 0.717) is 31.7 Å². The SMILES string of the molecule is COc1ccc(COCCc2c(N)cccc2C[C@@H](C)NCC(F)(F)F)cc1. The molecule has 1 atom stereocenters. The lowest BCUT2D eigenvalue weighted by Crippen LogP contribution is -2.36. The standard InChI is InChI=1S/C21H27F3N2O2/c1-15(26-14-21(22,23)24)12-17-4-3-5-20(25)19(17)10-11-28-13-16-6-8-18(27-2)9-7-16/h3-9,15,26H,10-14,25H2,1-2H3/t15-/m1/s1. The van der Waals surface area contributed by atoms with E-state index in [1.165, 1.54) is 0 Å². The van der Waals surface area contributed by atoms with Gasteiger partial charge in [-0.1, -0.05) is 24.3 Å². The lowest BCUT2D eigenvalue weighted by Gasteiger charge is -2.18. The maximum atomic E-state index is 12.4. The van der Waals surface area contributed by atoms with Crippen LogP contribution in [0.3, 0.4) is 0 Å². The Morgan fingerprint density at radius 1 is 1.11 bits per heavy atom. The molecule has 0 aliphatic rings. The number of hydrogen-bond acceptors (Lipinski definition) is 4. The number of halogens is 3. The molecule has 0 aliphatic carbocycles. The highest BCUT2D eigenvalue weighted by Crippen LogP contribution is 2.21. The first-order valence-corrected chi connectivity index (χ1v) is 9.15. The van der Waals surface area contributed by atoms with Gasteiger partial charge >= 0.3 is 6.18 Å². The summed E-state index contributed by atoms with van der Waals surface area (Å²) in [5.41, 5.74) is 9.63. The molecular weight excluding hydrogens is 369 g/mol. The van der Waals surface area contributed by atoms with E-state index in [9.17, 15) is 13.2 Å². The molecule has 2 aromatic rings. The topological polar surface area (TPSA) is 56.5 Å². The van der Waals surface area contributed by atoms with Crippen LogP contribution in [0.2, 0.25) is 0 Å². The van der Waals surface area contributed by atoms with Crippen LogP contribution >= 0.6 is 0 Å². The molecule has 0 radical (unpaired) electrons. The molecule has 0 saturated heterocycles. The summed E-state index contributed by atoms with van der Waals surface area (Å²) in [6.45, 7) is 1.67. The van der Waals surface area contributed by atoms with Crippen molar-refractivity contribution >= 4 is 5.69 Å². The zero-order valence-electron chi connectivity index (χ0n) is 16.2. The summed E-state index contributed by atoms with van der Waals surface area (Å²) in [6, 6.07) is 12.8. The van der Waals surface area contributed by atoms with Gasteiger partial charge in [-0.05, 0) is 54.7 Å². The Bertz CT molecular complexity index is 733. The number of anilines is 1. The lowest BCUT2D eigenvalue weighted by atomic mass is 9.97. The summed E-state index contributed by atoms with van der Waals surface area (Å²) in [5, 5.41) is 2.51. The lowest BCUT2D eigenvalue weighted by molar-refractivity contribution is -0.126. The fourth-order valence-electron chi connectivity index (χ4n) is 2.93. The third-order valence-corrected chi connectivity index (χ3v) is 4.41.